The van der Waals surface area contributed by atoms with Crippen LogP contribution in [0.1, 0.15) is 22.7 Å². The first kappa shape index (κ1) is 16.2. The Morgan fingerprint density at radius 1 is 1.04 bits per heavy atom. The Morgan fingerprint density at radius 3 is 2.61 bits per heavy atom. The molecule has 1 heterocycles. The lowest BCUT2D eigenvalue weighted by Gasteiger charge is -2.26. The van der Waals surface area contributed by atoms with Crippen molar-refractivity contribution >= 4 is 10.0 Å². The molecule has 1 atom stereocenters. The van der Waals surface area contributed by atoms with Crippen LogP contribution in [0.4, 0.5) is 0 Å². The second-order valence-electron chi connectivity index (χ2n) is 5.87. The van der Waals surface area contributed by atoms with Crippen molar-refractivity contribution in [1.29, 1.82) is 0 Å². The monoisotopic (exact) mass is 330 g/mol. The van der Waals surface area contributed by atoms with E-state index in [4.69, 9.17) is 0 Å². The van der Waals surface area contributed by atoms with Crippen molar-refractivity contribution in [3.63, 3.8) is 0 Å². The molecule has 0 saturated carbocycles. The molecule has 4 nitrogen and oxygen atoms in total. The van der Waals surface area contributed by atoms with Crippen LogP contribution in [0.3, 0.4) is 0 Å². The highest BCUT2D eigenvalue weighted by atomic mass is 32.2. The molecule has 2 N–H and O–H groups in total. The van der Waals surface area contributed by atoms with Crippen molar-refractivity contribution in [2.24, 2.45) is 0 Å². The molecule has 5 heteroatoms. The van der Waals surface area contributed by atoms with Crippen LogP contribution < -0.4 is 10.0 Å². The number of nitrogens with one attached hydrogen (secondary N) is 2. The fourth-order valence-electron chi connectivity index (χ4n) is 3.02. The average Bonchev–Trinajstić information content (AvgIpc) is 2.56. The van der Waals surface area contributed by atoms with Gasteiger partial charge >= 0.3 is 0 Å². The Morgan fingerprint density at radius 2 is 1.78 bits per heavy atom. The molecule has 1 unspecified atom stereocenters. The lowest BCUT2D eigenvalue weighted by atomic mass is 9.95. The maximum Gasteiger partial charge on any atom is 0.213 e. The van der Waals surface area contributed by atoms with Gasteiger partial charge in [-0.3, -0.25) is 0 Å². The first-order valence-electron chi connectivity index (χ1n) is 7.96. The third-order valence-corrected chi connectivity index (χ3v) is 5.60. The average molecular weight is 330 g/mol. The Balaban J connectivity index is 1.59. The molecule has 0 spiro atoms. The molecule has 2 aromatic carbocycles. The van der Waals surface area contributed by atoms with Crippen LogP contribution in [-0.4, -0.2) is 27.3 Å². The largest absolute Gasteiger partial charge is 0.309 e. The molecular weight excluding hydrogens is 308 g/mol. The van der Waals surface area contributed by atoms with E-state index >= 15 is 0 Å². The first-order chi connectivity index (χ1) is 11.1. The lowest BCUT2D eigenvalue weighted by molar-refractivity contribution is 0.521. The van der Waals surface area contributed by atoms with Gasteiger partial charge in [-0.15, -0.1) is 0 Å². The normalized spacial score (nSPS) is 17.7. The van der Waals surface area contributed by atoms with Crippen molar-refractivity contribution < 1.29 is 8.42 Å². The minimum atomic E-state index is -3.31. The van der Waals surface area contributed by atoms with Crippen molar-refractivity contribution in [2.75, 3.05) is 18.8 Å². The molecule has 2 aromatic rings. The summed E-state index contributed by atoms with van der Waals surface area (Å²) in [5.74, 6) is 0.0821. The van der Waals surface area contributed by atoms with E-state index in [9.17, 15) is 8.42 Å². The predicted octanol–water partition coefficient (Wildman–Crippen LogP) is 2.04. The van der Waals surface area contributed by atoms with Gasteiger partial charge in [0.1, 0.15) is 0 Å². The van der Waals surface area contributed by atoms with Crippen molar-refractivity contribution in [3.05, 3.63) is 71.3 Å². The fraction of sp³-hybridized carbons (Fsp3) is 0.333. The molecular formula is C18H22N2O2S. The van der Waals surface area contributed by atoms with Gasteiger partial charge in [-0.25, -0.2) is 13.1 Å². The first-order valence-corrected chi connectivity index (χ1v) is 9.62. The number of benzene rings is 2. The Labute approximate surface area is 138 Å². The van der Waals surface area contributed by atoms with Gasteiger partial charge in [0, 0.05) is 12.6 Å². The number of rotatable bonds is 6. The van der Waals surface area contributed by atoms with Crippen LogP contribution in [0, 0.1) is 0 Å². The minimum absolute atomic E-state index is 0.0821. The van der Waals surface area contributed by atoms with Gasteiger partial charge in [-0.05, 0) is 36.1 Å². The third kappa shape index (κ3) is 4.41. The molecule has 23 heavy (non-hydrogen) atoms. The summed E-state index contributed by atoms with van der Waals surface area (Å²) in [5, 5.41) is 3.32. The minimum Gasteiger partial charge on any atom is -0.309 e. The molecule has 0 radical (unpaired) electrons. The summed E-state index contributed by atoms with van der Waals surface area (Å²) in [5.41, 5.74) is 3.49. The van der Waals surface area contributed by atoms with E-state index in [1.807, 2.05) is 48.5 Å². The van der Waals surface area contributed by atoms with E-state index in [0.29, 0.717) is 13.0 Å². The molecule has 1 aliphatic heterocycles. The van der Waals surface area contributed by atoms with E-state index < -0.39 is 10.0 Å². The maximum atomic E-state index is 12.3. The van der Waals surface area contributed by atoms with Crippen LogP contribution in [-0.2, 0) is 22.9 Å². The maximum absolute atomic E-state index is 12.3. The SMILES string of the molecule is O=S(=O)(CC1NCCc2ccccc21)NCCc1ccccc1. The van der Waals surface area contributed by atoms with Crippen LogP contribution in [0.25, 0.3) is 0 Å². The van der Waals surface area contributed by atoms with Gasteiger partial charge < -0.3 is 5.32 Å². The summed E-state index contributed by atoms with van der Waals surface area (Å²) in [6.45, 7) is 1.25. The van der Waals surface area contributed by atoms with E-state index in [1.54, 1.807) is 0 Å². The van der Waals surface area contributed by atoms with Crippen LogP contribution in [0.2, 0.25) is 0 Å². The smallest absolute Gasteiger partial charge is 0.213 e. The number of sulfonamides is 1. The zero-order valence-electron chi connectivity index (χ0n) is 13.0. The molecule has 0 fully saturated rings. The van der Waals surface area contributed by atoms with Gasteiger partial charge in [-0.1, -0.05) is 54.6 Å². The summed E-state index contributed by atoms with van der Waals surface area (Å²) < 4.78 is 27.4. The van der Waals surface area contributed by atoms with E-state index in [0.717, 1.165) is 24.1 Å². The zero-order chi connectivity index (χ0) is 16.1. The van der Waals surface area contributed by atoms with Crippen molar-refractivity contribution in [3.8, 4) is 0 Å². The molecule has 3 rings (SSSR count). The molecule has 122 valence electrons. The van der Waals surface area contributed by atoms with Crippen LogP contribution >= 0.6 is 0 Å². The summed E-state index contributed by atoms with van der Waals surface area (Å²) >= 11 is 0. The van der Waals surface area contributed by atoms with Gasteiger partial charge in [-0.2, -0.15) is 0 Å². The van der Waals surface area contributed by atoms with Gasteiger partial charge in [0.15, 0.2) is 0 Å². The quantitative estimate of drug-likeness (QED) is 0.852. The molecule has 0 amide bonds. The van der Waals surface area contributed by atoms with Crippen LogP contribution in [0.5, 0.6) is 0 Å². The standard InChI is InChI=1S/C18H22N2O2S/c21-23(22,20-13-10-15-6-2-1-3-7-15)14-18-17-9-5-4-8-16(17)11-12-19-18/h1-9,18-20H,10-14H2. The van der Waals surface area contributed by atoms with E-state index in [-0.39, 0.29) is 11.8 Å². The highest BCUT2D eigenvalue weighted by Crippen LogP contribution is 2.23. The molecule has 1 aliphatic rings. The molecule has 0 bridgehead atoms. The Hall–Kier alpha value is -1.69. The lowest BCUT2D eigenvalue weighted by Crippen LogP contribution is -2.38. The summed E-state index contributed by atoms with van der Waals surface area (Å²) in [7, 11) is -3.31. The topological polar surface area (TPSA) is 58.2 Å². The summed E-state index contributed by atoms with van der Waals surface area (Å²) in [6, 6.07) is 17.8. The number of hydrogen-bond acceptors (Lipinski definition) is 3. The Bertz CT molecular complexity index is 745. The van der Waals surface area contributed by atoms with Gasteiger partial charge in [0.2, 0.25) is 10.0 Å². The molecule has 0 saturated heterocycles. The van der Waals surface area contributed by atoms with Gasteiger partial charge in [0.25, 0.3) is 0 Å². The molecule has 0 aromatic heterocycles. The predicted molar refractivity (Wildman–Crippen MR) is 92.8 cm³/mol. The van der Waals surface area contributed by atoms with Crippen molar-refractivity contribution in [2.45, 2.75) is 18.9 Å². The van der Waals surface area contributed by atoms with E-state index in [1.165, 1.54) is 5.56 Å². The number of fused-ring (bicyclic) bond motifs is 1. The second kappa shape index (κ2) is 7.25. The van der Waals surface area contributed by atoms with Crippen LogP contribution in [0.15, 0.2) is 54.6 Å². The second-order valence-corrected chi connectivity index (χ2v) is 7.72. The zero-order valence-corrected chi connectivity index (χ0v) is 13.9. The molecule has 0 aliphatic carbocycles. The van der Waals surface area contributed by atoms with E-state index in [2.05, 4.69) is 16.1 Å². The summed E-state index contributed by atoms with van der Waals surface area (Å²) in [6.07, 6.45) is 1.66. The van der Waals surface area contributed by atoms with Crippen molar-refractivity contribution in [1.82, 2.24) is 10.0 Å². The number of hydrogen-bond donors (Lipinski definition) is 2. The Kier molecular flexibility index (Phi) is 5.10. The third-order valence-electron chi connectivity index (χ3n) is 4.18. The highest BCUT2D eigenvalue weighted by Gasteiger charge is 2.24. The summed E-state index contributed by atoms with van der Waals surface area (Å²) in [4.78, 5) is 0. The van der Waals surface area contributed by atoms with Gasteiger partial charge in [0.05, 0.1) is 5.75 Å². The highest BCUT2D eigenvalue weighted by molar-refractivity contribution is 7.89. The fourth-order valence-corrected chi connectivity index (χ4v) is 4.28.